The molecule has 2 aromatic rings. The molecule has 1 N–H and O–H groups in total. The summed E-state index contributed by atoms with van der Waals surface area (Å²) in [7, 11) is 0. The molecule has 0 bridgehead atoms. The molecule has 1 saturated heterocycles. The second kappa shape index (κ2) is 8.66. The normalized spacial score (nSPS) is 22.2. The SMILES string of the molecule is O=C1[C@H](N(Cc2ccccc2)C(=O)O)CO[C@@H](c2ccccc2)CN1CC1CC1. The van der Waals surface area contributed by atoms with Crippen LogP contribution >= 0.6 is 0 Å². The number of ether oxygens (including phenoxy) is 1. The minimum atomic E-state index is -1.11. The van der Waals surface area contributed by atoms with Crippen molar-refractivity contribution in [2.24, 2.45) is 5.92 Å². The summed E-state index contributed by atoms with van der Waals surface area (Å²) >= 11 is 0. The summed E-state index contributed by atoms with van der Waals surface area (Å²) in [6.07, 6.45) is 0.882. The molecule has 1 aliphatic heterocycles. The summed E-state index contributed by atoms with van der Waals surface area (Å²) in [5.41, 5.74) is 1.85. The standard InChI is InChI=1S/C23H26N2O4/c26-22-20(25(23(27)28)14-17-7-3-1-4-8-17)16-29-21(19-9-5-2-6-10-19)15-24(22)13-18-11-12-18/h1-10,18,20-21H,11-16H2,(H,27,28)/t20-,21-/m1/s1. The largest absolute Gasteiger partial charge is 0.465 e. The van der Waals surface area contributed by atoms with E-state index >= 15 is 0 Å². The molecular weight excluding hydrogens is 368 g/mol. The number of nitrogens with zero attached hydrogens (tertiary/aromatic N) is 2. The minimum Gasteiger partial charge on any atom is -0.465 e. The minimum absolute atomic E-state index is 0.0543. The van der Waals surface area contributed by atoms with Crippen molar-refractivity contribution in [1.29, 1.82) is 0 Å². The highest BCUT2D eigenvalue weighted by Crippen LogP contribution is 2.32. The number of carboxylic acid groups (broad SMARTS) is 1. The van der Waals surface area contributed by atoms with Gasteiger partial charge in [-0.1, -0.05) is 60.7 Å². The Morgan fingerprint density at radius 1 is 1.07 bits per heavy atom. The second-order valence-electron chi connectivity index (χ2n) is 7.83. The quantitative estimate of drug-likeness (QED) is 0.814. The summed E-state index contributed by atoms with van der Waals surface area (Å²) in [6.45, 7) is 1.33. The number of carbonyl (C=O) groups excluding carboxylic acids is 1. The molecule has 2 amide bonds. The molecule has 29 heavy (non-hydrogen) atoms. The second-order valence-corrected chi connectivity index (χ2v) is 7.83. The predicted octanol–water partition coefficient (Wildman–Crippen LogP) is 3.55. The van der Waals surface area contributed by atoms with Gasteiger partial charge < -0.3 is 14.7 Å². The van der Waals surface area contributed by atoms with Crippen molar-refractivity contribution in [1.82, 2.24) is 9.80 Å². The van der Waals surface area contributed by atoms with E-state index in [1.165, 1.54) is 4.90 Å². The van der Waals surface area contributed by atoms with Crippen LogP contribution in [0.15, 0.2) is 60.7 Å². The van der Waals surface area contributed by atoms with Gasteiger partial charge >= 0.3 is 6.09 Å². The van der Waals surface area contributed by atoms with Crippen LogP contribution in [0.3, 0.4) is 0 Å². The molecule has 4 rings (SSSR count). The topological polar surface area (TPSA) is 70.1 Å². The van der Waals surface area contributed by atoms with Crippen LogP contribution in [0.1, 0.15) is 30.1 Å². The summed E-state index contributed by atoms with van der Waals surface area (Å²) < 4.78 is 6.11. The van der Waals surface area contributed by atoms with Crippen LogP contribution in [-0.2, 0) is 16.1 Å². The average molecular weight is 394 g/mol. The van der Waals surface area contributed by atoms with E-state index in [1.54, 1.807) is 0 Å². The highest BCUT2D eigenvalue weighted by Gasteiger charge is 2.39. The Hall–Kier alpha value is -2.86. The molecule has 6 heteroatoms. The van der Waals surface area contributed by atoms with Gasteiger partial charge in [-0.3, -0.25) is 9.69 Å². The van der Waals surface area contributed by atoms with E-state index in [0.29, 0.717) is 19.0 Å². The molecule has 1 heterocycles. The maximum atomic E-state index is 13.4. The third-order valence-corrected chi connectivity index (χ3v) is 5.60. The van der Waals surface area contributed by atoms with Crippen LogP contribution in [0, 0.1) is 5.92 Å². The fraction of sp³-hybridized carbons (Fsp3) is 0.391. The van der Waals surface area contributed by atoms with Gasteiger partial charge in [0, 0.05) is 13.1 Å². The molecule has 2 atom stereocenters. The third kappa shape index (κ3) is 4.77. The molecule has 2 fully saturated rings. The van der Waals surface area contributed by atoms with E-state index < -0.39 is 12.1 Å². The molecular formula is C23H26N2O4. The van der Waals surface area contributed by atoms with Gasteiger partial charge in [0.05, 0.1) is 13.2 Å². The van der Waals surface area contributed by atoms with Crippen molar-refractivity contribution >= 4 is 12.0 Å². The Labute approximate surface area is 170 Å². The lowest BCUT2D eigenvalue weighted by atomic mass is 10.1. The zero-order valence-electron chi connectivity index (χ0n) is 16.3. The Morgan fingerprint density at radius 2 is 1.72 bits per heavy atom. The van der Waals surface area contributed by atoms with Gasteiger partial charge in [0.25, 0.3) is 0 Å². The first-order valence-electron chi connectivity index (χ1n) is 10.1. The fourth-order valence-electron chi connectivity index (χ4n) is 3.79. The number of hydrogen-bond acceptors (Lipinski definition) is 3. The Kier molecular flexibility index (Phi) is 5.81. The highest BCUT2D eigenvalue weighted by molar-refractivity contribution is 5.86. The van der Waals surface area contributed by atoms with Gasteiger partial charge in [0.1, 0.15) is 12.1 Å². The fourth-order valence-corrected chi connectivity index (χ4v) is 3.79. The summed E-state index contributed by atoms with van der Waals surface area (Å²) in [6, 6.07) is 18.3. The van der Waals surface area contributed by atoms with Crippen molar-refractivity contribution < 1.29 is 19.4 Å². The molecule has 0 aromatic heterocycles. The van der Waals surface area contributed by atoms with Crippen molar-refractivity contribution in [2.45, 2.75) is 31.5 Å². The van der Waals surface area contributed by atoms with Gasteiger partial charge in [-0.25, -0.2) is 4.79 Å². The number of hydrogen-bond donors (Lipinski definition) is 1. The van der Waals surface area contributed by atoms with Gasteiger partial charge in [-0.15, -0.1) is 0 Å². The Bertz CT molecular complexity index is 838. The molecule has 1 saturated carbocycles. The van der Waals surface area contributed by atoms with Crippen LogP contribution in [0.25, 0.3) is 0 Å². The number of benzene rings is 2. The maximum Gasteiger partial charge on any atom is 0.408 e. The first-order chi connectivity index (χ1) is 14.1. The van der Waals surface area contributed by atoms with Gasteiger partial charge in [-0.05, 0) is 29.9 Å². The van der Waals surface area contributed by atoms with Crippen molar-refractivity contribution in [3.05, 3.63) is 71.8 Å². The van der Waals surface area contributed by atoms with E-state index in [9.17, 15) is 14.7 Å². The van der Waals surface area contributed by atoms with Crippen LogP contribution in [0.4, 0.5) is 4.79 Å². The Morgan fingerprint density at radius 3 is 2.34 bits per heavy atom. The lowest BCUT2D eigenvalue weighted by Crippen LogP contribution is -2.51. The molecule has 152 valence electrons. The van der Waals surface area contributed by atoms with Gasteiger partial charge in [0.2, 0.25) is 5.91 Å². The maximum absolute atomic E-state index is 13.4. The van der Waals surface area contributed by atoms with Crippen molar-refractivity contribution in [3.8, 4) is 0 Å². The summed E-state index contributed by atoms with van der Waals surface area (Å²) in [4.78, 5) is 28.4. The van der Waals surface area contributed by atoms with Crippen LogP contribution in [-0.4, -0.2) is 52.6 Å². The van der Waals surface area contributed by atoms with E-state index in [0.717, 1.165) is 24.0 Å². The zero-order chi connectivity index (χ0) is 20.2. The first kappa shape index (κ1) is 19.5. The van der Waals surface area contributed by atoms with Gasteiger partial charge in [0.15, 0.2) is 0 Å². The third-order valence-electron chi connectivity index (χ3n) is 5.60. The summed E-state index contributed by atoms with van der Waals surface area (Å²) in [5.74, 6) is 0.357. The molecule has 6 nitrogen and oxygen atoms in total. The predicted molar refractivity (Wildman–Crippen MR) is 108 cm³/mol. The van der Waals surface area contributed by atoms with E-state index in [2.05, 4.69) is 0 Å². The van der Waals surface area contributed by atoms with E-state index in [1.807, 2.05) is 65.6 Å². The van der Waals surface area contributed by atoms with Crippen molar-refractivity contribution in [2.75, 3.05) is 19.7 Å². The first-order valence-corrected chi connectivity index (χ1v) is 10.1. The smallest absolute Gasteiger partial charge is 0.408 e. The monoisotopic (exact) mass is 394 g/mol. The van der Waals surface area contributed by atoms with Crippen LogP contribution in [0.5, 0.6) is 0 Å². The molecule has 0 spiro atoms. The lowest BCUT2D eigenvalue weighted by molar-refractivity contribution is -0.136. The average Bonchev–Trinajstić information content (AvgIpc) is 3.57. The zero-order valence-corrected chi connectivity index (χ0v) is 16.3. The molecule has 0 radical (unpaired) electrons. The summed E-state index contributed by atoms with van der Waals surface area (Å²) in [5, 5.41) is 9.86. The highest BCUT2D eigenvalue weighted by atomic mass is 16.5. The number of amides is 2. The van der Waals surface area contributed by atoms with Crippen LogP contribution < -0.4 is 0 Å². The van der Waals surface area contributed by atoms with Gasteiger partial charge in [-0.2, -0.15) is 0 Å². The van der Waals surface area contributed by atoms with E-state index in [-0.39, 0.29) is 25.2 Å². The lowest BCUT2D eigenvalue weighted by Gasteiger charge is -2.30. The molecule has 0 unspecified atom stereocenters. The van der Waals surface area contributed by atoms with E-state index in [4.69, 9.17) is 4.74 Å². The molecule has 2 aliphatic rings. The van der Waals surface area contributed by atoms with Crippen molar-refractivity contribution in [3.63, 3.8) is 0 Å². The number of carbonyl (C=O) groups is 2. The van der Waals surface area contributed by atoms with Crippen LogP contribution in [0.2, 0.25) is 0 Å². The molecule has 1 aliphatic carbocycles. The Balaban J connectivity index is 1.59. The number of rotatable bonds is 6. The molecule has 2 aromatic carbocycles.